The number of ether oxygens (including phenoxy) is 1. The van der Waals surface area contributed by atoms with Crippen molar-refractivity contribution >= 4 is 61.9 Å². The number of anilines is 1. The maximum atomic E-state index is 14.5. The van der Waals surface area contributed by atoms with Gasteiger partial charge < -0.3 is 19.6 Å². The van der Waals surface area contributed by atoms with Crippen molar-refractivity contribution in [3.63, 3.8) is 0 Å². The Labute approximate surface area is 247 Å². The molecule has 3 saturated heterocycles. The number of thioether (sulfide) groups is 1. The Balaban J connectivity index is 1.48. The van der Waals surface area contributed by atoms with Crippen LogP contribution in [-0.4, -0.2) is 75.0 Å². The molecule has 9 heteroatoms. The average Bonchev–Trinajstić information content (AvgIpc) is 3.54. The molecule has 3 unspecified atom stereocenters. The molecule has 5 rings (SSSR count). The molecular formula is C31H35BrN2O5S. The van der Waals surface area contributed by atoms with Gasteiger partial charge in [0, 0.05) is 28.9 Å². The second kappa shape index (κ2) is 12.1. The highest BCUT2D eigenvalue weighted by Crippen LogP contribution is 2.68. The largest absolute Gasteiger partial charge is 0.465 e. The average molecular weight is 628 g/mol. The van der Waals surface area contributed by atoms with Crippen LogP contribution in [0.25, 0.3) is 10.8 Å². The van der Waals surface area contributed by atoms with Crippen LogP contribution in [0.3, 0.4) is 0 Å². The quantitative estimate of drug-likeness (QED) is 0.159. The standard InChI is InChI=1S/C31H35BrN2O5S/c1-3-5-6-9-17-39-30(38)24-25-28(36)34(15-16-35)27(31(25)19-23(32)26(24)40-31)29(37)33(14-4-2)22-13-12-20-10-7-8-11-21(20)18-22/h3-4,7-8,10-13,18,23-27,35H,1-2,5-6,9,14-17,19H2/t23?,24-,25+,26-,27?,31?/m1/s1. The van der Waals surface area contributed by atoms with Gasteiger partial charge in [-0.2, -0.15) is 0 Å². The van der Waals surface area contributed by atoms with Crippen LogP contribution in [0.4, 0.5) is 5.69 Å². The second-order valence-corrected chi connectivity index (χ2v) is 13.4. The number of carbonyl (C=O) groups excluding carboxylic acids is 3. The fraction of sp³-hybridized carbons (Fsp3) is 0.452. The molecule has 3 heterocycles. The summed E-state index contributed by atoms with van der Waals surface area (Å²) in [7, 11) is 0. The van der Waals surface area contributed by atoms with E-state index in [1.807, 2.05) is 48.5 Å². The number of alkyl halides is 1. The van der Waals surface area contributed by atoms with Crippen molar-refractivity contribution in [2.75, 3.05) is 31.2 Å². The number of esters is 1. The number of benzene rings is 2. The zero-order valence-electron chi connectivity index (χ0n) is 22.4. The Hall–Kier alpha value is -2.62. The summed E-state index contributed by atoms with van der Waals surface area (Å²) in [5.74, 6) is -2.20. The number of carbonyl (C=O) groups is 3. The summed E-state index contributed by atoms with van der Waals surface area (Å²) < 4.78 is 4.88. The zero-order valence-corrected chi connectivity index (χ0v) is 24.8. The van der Waals surface area contributed by atoms with Crippen molar-refractivity contribution in [3.05, 3.63) is 67.8 Å². The van der Waals surface area contributed by atoms with Crippen LogP contribution < -0.4 is 4.90 Å². The molecule has 2 bridgehead atoms. The minimum atomic E-state index is -0.830. The number of nitrogens with zero attached hydrogens (tertiary/aromatic N) is 2. The van der Waals surface area contributed by atoms with Gasteiger partial charge in [-0.1, -0.05) is 58.4 Å². The Bertz CT molecular complexity index is 1320. The summed E-state index contributed by atoms with van der Waals surface area (Å²) in [5.41, 5.74) is 0.711. The normalized spacial score (nSPS) is 28.5. The number of amides is 2. The number of allylic oxidation sites excluding steroid dienone is 1. The summed E-state index contributed by atoms with van der Waals surface area (Å²) >= 11 is 5.34. The molecule has 7 nitrogen and oxygen atoms in total. The van der Waals surface area contributed by atoms with E-state index in [0.717, 1.165) is 30.0 Å². The first kappa shape index (κ1) is 28.9. The van der Waals surface area contributed by atoms with Gasteiger partial charge in [0.25, 0.3) is 5.91 Å². The number of halogens is 1. The molecule has 0 aromatic heterocycles. The number of hydrogen-bond donors (Lipinski definition) is 1. The van der Waals surface area contributed by atoms with Gasteiger partial charge in [0.05, 0.1) is 29.8 Å². The van der Waals surface area contributed by atoms with Crippen LogP contribution in [0.1, 0.15) is 25.7 Å². The van der Waals surface area contributed by atoms with E-state index < -0.39 is 22.6 Å². The van der Waals surface area contributed by atoms with Crippen LogP contribution in [0.2, 0.25) is 0 Å². The van der Waals surface area contributed by atoms with Crippen molar-refractivity contribution in [2.45, 2.75) is 46.5 Å². The number of hydrogen-bond acceptors (Lipinski definition) is 6. The SMILES string of the molecule is C=CCCCCOC(=O)[C@H]1[C@@H]2SC3(CC2Br)C(C(=O)N(CC=C)c2ccc4ccccc4c2)N(CCO)C(=O)[C@H]13. The topological polar surface area (TPSA) is 87.2 Å². The summed E-state index contributed by atoms with van der Waals surface area (Å²) in [6.07, 6.45) is 6.54. The molecule has 1 N–H and O–H groups in total. The fourth-order valence-electron chi connectivity index (χ4n) is 6.63. The molecular weight excluding hydrogens is 592 g/mol. The first-order valence-corrected chi connectivity index (χ1v) is 15.6. The fourth-order valence-corrected chi connectivity index (χ4v) is 10.2. The first-order chi connectivity index (χ1) is 19.4. The zero-order chi connectivity index (χ0) is 28.4. The highest BCUT2D eigenvalue weighted by Gasteiger charge is 2.76. The second-order valence-electron chi connectivity index (χ2n) is 10.6. The minimum absolute atomic E-state index is 0.0225. The number of fused-ring (bicyclic) bond motifs is 2. The summed E-state index contributed by atoms with van der Waals surface area (Å²) in [4.78, 5) is 45.1. The van der Waals surface area contributed by atoms with Crippen molar-refractivity contribution in [3.8, 4) is 0 Å². The third kappa shape index (κ3) is 4.90. The number of β-amino-alcohol motifs (C(OH)–C–C–N with tert-alkyl or cyclic N) is 1. The lowest BCUT2D eigenvalue weighted by Gasteiger charge is -2.37. The third-order valence-corrected chi connectivity index (χ3v) is 11.5. The monoisotopic (exact) mass is 626 g/mol. The Morgan fingerprint density at radius 2 is 1.95 bits per heavy atom. The van der Waals surface area contributed by atoms with Crippen molar-refractivity contribution < 1.29 is 24.2 Å². The molecule has 212 valence electrons. The van der Waals surface area contributed by atoms with Gasteiger partial charge in [0.15, 0.2) is 0 Å². The van der Waals surface area contributed by atoms with E-state index in [1.165, 1.54) is 4.90 Å². The maximum absolute atomic E-state index is 14.5. The molecule has 2 aromatic rings. The number of likely N-dealkylation sites (tertiary alicyclic amines) is 1. The molecule has 3 aliphatic rings. The maximum Gasteiger partial charge on any atom is 0.310 e. The lowest BCUT2D eigenvalue weighted by molar-refractivity contribution is -0.154. The van der Waals surface area contributed by atoms with E-state index in [1.54, 1.807) is 22.7 Å². The third-order valence-electron chi connectivity index (χ3n) is 8.31. The molecule has 40 heavy (non-hydrogen) atoms. The first-order valence-electron chi connectivity index (χ1n) is 13.8. The molecule has 2 amide bonds. The Morgan fingerprint density at radius 1 is 1.18 bits per heavy atom. The highest BCUT2D eigenvalue weighted by molar-refractivity contribution is 9.09. The van der Waals surface area contributed by atoms with Gasteiger partial charge in [-0.3, -0.25) is 14.4 Å². The molecule has 1 spiro atoms. The molecule has 2 aromatic carbocycles. The van der Waals surface area contributed by atoms with Crippen LogP contribution in [0.5, 0.6) is 0 Å². The molecule has 0 radical (unpaired) electrons. The van der Waals surface area contributed by atoms with Crippen molar-refractivity contribution in [1.82, 2.24) is 4.90 Å². The van der Waals surface area contributed by atoms with Gasteiger partial charge in [-0.25, -0.2) is 0 Å². The van der Waals surface area contributed by atoms with Gasteiger partial charge in [0.1, 0.15) is 6.04 Å². The van der Waals surface area contributed by atoms with Gasteiger partial charge >= 0.3 is 5.97 Å². The smallest absolute Gasteiger partial charge is 0.310 e. The highest BCUT2D eigenvalue weighted by atomic mass is 79.9. The number of aliphatic hydroxyl groups excluding tert-OH is 1. The van der Waals surface area contributed by atoms with E-state index in [0.29, 0.717) is 18.7 Å². The van der Waals surface area contributed by atoms with E-state index in [2.05, 4.69) is 29.1 Å². The number of rotatable bonds is 12. The summed E-state index contributed by atoms with van der Waals surface area (Å²) in [6.45, 7) is 7.90. The van der Waals surface area contributed by atoms with Gasteiger partial charge in [0.2, 0.25) is 5.91 Å². The Morgan fingerprint density at radius 3 is 2.67 bits per heavy atom. The molecule has 0 saturated carbocycles. The van der Waals surface area contributed by atoms with Crippen molar-refractivity contribution in [1.29, 1.82) is 0 Å². The molecule has 3 fully saturated rings. The number of aliphatic hydroxyl groups is 1. The summed E-state index contributed by atoms with van der Waals surface area (Å²) in [6, 6.07) is 13.0. The lowest BCUT2D eigenvalue weighted by atomic mass is 9.71. The summed E-state index contributed by atoms with van der Waals surface area (Å²) in [5, 5.41) is 11.8. The van der Waals surface area contributed by atoms with Crippen LogP contribution in [0, 0.1) is 11.8 Å². The van der Waals surface area contributed by atoms with Crippen molar-refractivity contribution in [2.24, 2.45) is 11.8 Å². The predicted molar refractivity (Wildman–Crippen MR) is 163 cm³/mol. The van der Waals surface area contributed by atoms with E-state index in [4.69, 9.17) is 4.74 Å². The molecule has 6 atom stereocenters. The van der Waals surface area contributed by atoms with Crippen LogP contribution >= 0.6 is 27.7 Å². The van der Waals surface area contributed by atoms with Crippen LogP contribution in [0.15, 0.2) is 67.8 Å². The number of unbranched alkanes of at least 4 members (excludes halogenated alkanes) is 2. The van der Waals surface area contributed by atoms with E-state index in [-0.39, 0.29) is 47.6 Å². The molecule has 3 aliphatic heterocycles. The minimum Gasteiger partial charge on any atom is -0.465 e. The van der Waals surface area contributed by atoms with E-state index in [9.17, 15) is 19.5 Å². The van der Waals surface area contributed by atoms with Gasteiger partial charge in [-0.15, -0.1) is 24.9 Å². The lowest BCUT2D eigenvalue weighted by Crippen LogP contribution is -2.56. The van der Waals surface area contributed by atoms with Crippen LogP contribution in [-0.2, 0) is 19.1 Å². The molecule has 0 aliphatic carbocycles. The van der Waals surface area contributed by atoms with E-state index >= 15 is 0 Å². The van der Waals surface area contributed by atoms with Gasteiger partial charge in [-0.05, 0) is 48.6 Å². The predicted octanol–water partition coefficient (Wildman–Crippen LogP) is 4.72. The Kier molecular flexibility index (Phi) is 8.73.